The van der Waals surface area contributed by atoms with Crippen molar-refractivity contribution in [1.29, 1.82) is 0 Å². The Balaban J connectivity index is 1.74. The number of aliphatic hydroxyl groups is 1. The van der Waals surface area contributed by atoms with Crippen LogP contribution in [0.3, 0.4) is 0 Å². The average Bonchev–Trinajstić information content (AvgIpc) is 2.81. The van der Waals surface area contributed by atoms with Crippen LogP contribution in [0.15, 0.2) is 66.7 Å². The molecule has 158 valence electrons. The SMILES string of the molecule is CCCCc1ccc(-c2ccc(-c3ccc(CCCCCO)cc3)c(CC)c2)cc1. The molecule has 0 amide bonds. The number of benzene rings is 3. The van der Waals surface area contributed by atoms with Gasteiger partial charge in [-0.15, -0.1) is 0 Å². The zero-order chi connectivity index (χ0) is 21.2. The van der Waals surface area contributed by atoms with Crippen molar-refractivity contribution in [3.8, 4) is 22.3 Å². The lowest BCUT2D eigenvalue weighted by atomic mass is 9.92. The van der Waals surface area contributed by atoms with Gasteiger partial charge in [-0.3, -0.25) is 0 Å². The van der Waals surface area contributed by atoms with Crippen molar-refractivity contribution < 1.29 is 5.11 Å². The first-order chi connectivity index (χ1) is 14.7. The normalized spacial score (nSPS) is 11.0. The summed E-state index contributed by atoms with van der Waals surface area (Å²) < 4.78 is 0. The number of aliphatic hydroxyl groups excluding tert-OH is 1. The van der Waals surface area contributed by atoms with E-state index < -0.39 is 0 Å². The number of unbranched alkanes of at least 4 members (excludes halogenated alkanes) is 3. The topological polar surface area (TPSA) is 20.2 Å². The van der Waals surface area contributed by atoms with Crippen LogP contribution in [0.5, 0.6) is 0 Å². The summed E-state index contributed by atoms with van der Waals surface area (Å²) in [4.78, 5) is 0. The molecule has 0 saturated heterocycles. The van der Waals surface area contributed by atoms with E-state index in [1.54, 1.807) is 0 Å². The van der Waals surface area contributed by atoms with Crippen molar-refractivity contribution >= 4 is 0 Å². The molecule has 0 aromatic heterocycles. The Labute approximate surface area is 182 Å². The molecule has 1 nitrogen and oxygen atoms in total. The minimum atomic E-state index is 0.303. The van der Waals surface area contributed by atoms with Crippen LogP contribution in [-0.4, -0.2) is 11.7 Å². The molecule has 0 bridgehead atoms. The largest absolute Gasteiger partial charge is 0.396 e. The summed E-state index contributed by atoms with van der Waals surface area (Å²) in [5.41, 5.74) is 9.46. The van der Waals surface area contributed by atoms with E-state index >= 15 is 0 Å². The summed E-state index contributed by atoms with van der Waals surface area (Å²) in [6.07, 6.45) is 8.95. The van der Waals surface area contributed by atoms with Gasteiger partial charge in [-0.2, -0.15) is 0 Å². The number of hydrogen-bond donors (Lipinski definition) is 1. The van der Waals surface area contributed by atoms with Crippen molar-refractivity contribution in [2.45, 2.75) is 65.2 Å². The standard InChI is InChI=1S/C29H36O/c1-3-5-9-23-11-15-26(16-12-23)28-19-20-29(25(4-2)22-28)27-17-13-24(14-18-27)10-7-6-8-21-30/h11-20,22,30H,3-10,21H2,1-2H3. The predicted molar refractivity (Wildman–Crippen MR) is 130 cm³/mol. The smallest absolute Gasteiger partial charge is 0.0431 e. The molecule has 0 heterocycles. The van der Waals surface area contributed by atoms with E-state index in [0.717, 1.165) is 32.1 Å². The van der Waals surface area contributed by atoms with Crippen LogP contribution in [0.25, 0.3) is 22.3 Å². The van der Waals surface area contributed by atoms with Crippen LogP contribution in [0.1, 0.15) is 62.6 Å². The van der Waals surface area contributed by atoms with Gasteiger partial charge >= 0.3 is 0 Å². The van der Waals surface area contributed by atoms with Gasteiger partial charge in [0.15, 0.2) is 0 Å². The Morgan fingerprint density at radius 1 is 0.600 bits per heavy atom. The predicted octanol–water partition coefficient (Wildman–Crippen LogP) is 7.63. The molecule has 30 heavy (non-hydrogen) atoms. The van der Waals surface area contributed by atoms with Gasteiger partial charge in [0.2, 0.25) is 0 Å². The minimum Gasteiger partial charge on any atom is -0.396 e. The Hall–Kier alpha value is -2.38. The molecule has 0 unspecified atom stereocenters. The maximum Gasteiger partial charge on any atom is 0.0431 e. The highest BCUT2D eigenvalue weighted by molar-refractivity contribution is 5.74. The summed E-state index contributed by atoms with van der Waals surface area (Å²) >= 11 is 0. The van der Waals surface area contributed by atoms with Crippen LogP contribution < -0.4 is 0 Å². The van der Waals surface area contributed by atoms with Gasteiger partial charge in [0.1, 0.15) is 0 Å². The Morgan fingerprint density at radius 2 is 1.20 bits per heavy atom. The highest BCUT2D eigenvalue weighted by Gasteiger charge is 2.07. The van der Waals surface area contributed by atoms with E-state index in [-0.39, 0.29) is 0 Å². The minimum absolute atomic E-state index is 0.303. The Morgan fingerprint density at radius 3 is 1.80 bits per heavy atom. The van der Waals surface area contributed by atoms with Crippen molar-refractivity contribution in [3.05, 3.63) is 83.4 Å². The van der Waals surface area contributed by atoms with Gasteiger partial charge in [-0.05, 0) is 77.5 Å². The molecule has 3 rings (SSSR count). The molecule has 0 saturated carbocycles. The van der Waals surface area contributed by atoms with E-state index in [0.29, 0.717) is 6.61 Å². The summed E-state index contributed by atoms with van der Waals surface area (Å²) in [6.45, 7) is 4.79. The van der Waals surface area contributed by atoms with Crippen molar-refractivity contribution in [3.63, 3.8) is 0 Å². The van der Waals surface area contributed by atoms with Gasteiger partial charge in [0.25, 0.3) is 0 Å². The molecule has 0 aliphatic carbocycles. The second-order valence-electron chi connectivity index (χ2n) is 8.26. The lowest BCUT2D eigenvalue weighted by Crippen LogP contribution is -1.92. The second kappa shape index (κ2) is 11.7. The molecule has 0 spiro atoms. The highest BCUT2D eigenvalue weighted by atomic mass is 16.2. The lowest BCUT2D eigenvalue weighted by Gasteiger charge is -2.12. The Kier molecular flexibility index (Phi) is 8.71. The maximum atomic E-state index is 8.91. The molecule has 0 radical (unpaired) electrons. The summed E-state index contributed by atoms with van der Waals surface area (Å²) in [5.74, 6) is 0. The molecule has 3 aromatic carbocycles. The number of aryl methyl sites for hydroxylation is 3. The van der Waals surface area contributed by atoms with E-state index in [1.165, 1.54) is 58.2 Å². The first-order valence-electron chi connectivity index (χ1n) is 11.7. The van der Waals surface area contributed by atoms with Gasteiger partial charge in [-0.25, -0.2) is 0 Å². The quantitative estimate of drug-likeness (QED) is 0.328. The molecule has 0 aliphatic rings. The van der Waals surface area contributed by atoms with Crippen molar-refractivity contribution in [1.82, 2.24) is 0 Å². The van der Waals surface area contributed by atoms with Crippen LogP contribution >= 0.6 is 0 Å². The first-order valence-corrected chi connectivity index (χ1v) is 11.7. The molecular formula is C29H36O. The maximum absolute atomic E-state index is 8.91. The van der Waals surface area contributed by atoms with E-state index in [1.807, 2.05) is 0 Å². The zero-order valence-corrected chi connectivity index (χ0v) is 18.7. The second-order valence-corrected chi connectivity index (χ2v) is 8.26. The van der Waals surface area contributed by atoms with Gasteiger partial charge in [0, 0.05) is 6.61 Å². The molecule has 0 fully saturated rings. The third-order valence-electron chi connectivity index (χ3n) is 5.98. The summed E-state index contributed by atoms with van der Waals surface area (Å²) in [6, 6.07) is 25.1. The van der Waals surface area contributed by atoms with Crippen LogP contribution in [0, 0.1) is 0 Å². The van der Waals surface area contributed by atoms with Crippen LogP contribution in [-0.2, 0) is 19.3 Å². The molecule has 0 atom stereocenters. The third-order valence-corrected chi connectivity index (χ3v) is 5.98. The molecular weight excluding hydrogens is 364 g/mol. The zero-order valence-electron chi connectivity index (χ0n) is 18.7. The molecule has 1 N–H and O–H groups in total. The highest BCUT2D eigenvalue weighted by Crippen LogP contribution is 2.30. The van der Waals surface area contributed by atoms with Crippen LogP contribution in [0.2, 0.25) is 0 Å². The van der Waals surface area contributed by atoms with Gasteiger partial charge in [0.05, 0.1) is 0 Å². The average molecular weight is 401 g/mol. The van der Waals surface area contributed by atoms with Gasteiger partial charge < -0.3 is 5.11 Å². The first kappa shape index (κ1) is 22.3. The summed E-state index contributed by atoms with van der Waals surface area (Å²) in [5, 5.41) is 8.91. The molecule has 1 heteroatoms. The third kappa shape index (κ3) is 6.06. The fraction of sp³-hybridized carbons (Fsp3) is 0.379. The van der Waals surface area contributed by atoms with E-state index in [2.05, 4.69) is 80.6 Å². The number of hydrogen-bond acceptors (Lipinski definition) is 1. The Bertz CT molecular complexity index is 891. The molecule has 0 aliphatic heterocycles. The van der Waals surface area contributed by atoms with Crippen molar-refractivity contribution in [2.75, 3.05) is 6.61 Å². The monoisotopic (exact) mass is 400 g/mol. The van der Waals surface area contributed by atoms with Gasteiger partial charge in [-0.1, -0.05) is 93.4 Å². The summed E-state index contributed by atoms with van der Waals surface area (Å²) in [7, 11) is 0. The van der Waals surface area contributed by atoms with Crippen molar-refractivity contribution in [2.24, 2.45) is 0 Å². The fourth-order valence-corrected chi connectivity index (χ4v) is 4.06. The van der Waals surface area contributed by atoms with Crippen LogP contribution in [0.4, 0.5) is 0 Å². The van der Waals surface area contributed by atoms with E-state index in [9.17, 15) is 0 Å². The lowest BCUT2D eigenvalue weighted by molar-refractivity contribution is 0.283. The fourth-order valence-electron chi connectivity index (χ4n) is 4.06. The van der Waals surface area contributed by atoms with E-state index in [4.69, 9.17) is 5.11 Å². The number of rotatable bonds is 11. The molecule has 3 aromatic rings.